The summed E-state index contributed by atoms with van der Waals surface area (Å²) in [7, 11) is 1.64. The van der Waals surface area contributed by atoms with Gasteiger partial charge < -0.3 is 9.84 Å². The fourth-order valence-corrected chi connectivity index (χ4v) is 2.36. The molecule has 2 rings (SSSR count). The van der Waals surface area contributed by atoms with Gasteiger partial charge in [-0.2, -0.15) is 0 Å². The van der Waals surface area contributed by atoms with Crippen molar-refractivity contribution in [1.82, 2.24) is 0 Å². The zero-order chi connectivity index (χ0) is 15.2. The number of allylic oxidation sites excluding steroid dienone is 2. The van der Waals surface area contributed by atoms with Crippen molar-refractivity contribution in [3.05, 3.63) is 72.8 Å². The summed E-state index contributed by atoms with van der Waals surface area (Å²) >= 11 is 0. The van der Waals surface area contributed by atoms with Crippen LogP contribution in [0, 0.1) is 0 Å². The van der Waals surface area contributed by atoms with E-state index in [0.717, 1.165) is 28.9 Å². The van der Waals surface area contributed by atoms with Crippen LogP contribution in [0.1, 0.15) is 11.1 Å². The number of benzene rings is 2. The second-order valence-corrected chi connectivity index (χ2v) is 4.84. The zero-order valence-corrected chi connectivity index (χ0v) is 16.4. The Morgan fingerprint density at radius 3 is 2.41 bits per heavy atom. The number of methoxy groups -OCH3 is 1. The molecule has 0 spiro atoms. The molecule has 0 aliphatic heterocycles. The third kappa shape index (κ3) is 4.57. The van der Waals surface area contributed by atoms with Gasteiger partial charge in [0.25, 0.3) is 0 Å². The molecular weight excluding hydrogens is 299 g/mol. The van der Waals surface area contributed by atoms with Gasteiger partial charge in [0.15, 0.2) is 0 Å². The molecule has 0 bridgehead atoms. The minimum Gasteiger partial charge on any atom is -0.872 e. The largest absolute Gasteiger partial charge is 1.00 e. The molecule has 0 aliphatic carbocycles. The summed E-state index contributed by atoms with van der Waals surface area (Å²) < 4.78 is 5.34. The van der Waals surface area contributed by atoms with E-state index in [1.807, 2.05) is 42.5 Å². The molecule has 0 fully saturated rings. The quantitative estimate of drug-likeness (QED) is 0.585. The molecule has 2 aromatic rings. The first-order chi connectivity index (χ1) is 10.2. The Kier molecular flexibility index (Phi) is 8.14. The maximum atomic E-state index is 12.1. The van der Waals surface area contributed by atoms with Crippen molar-refractivity contribution in [2.75, 3.05) is 7.11 Å². The van der Waals surface area contributed by atoms with Gasteiger partial charge in [-0.3, -0.25) is 0 Å². The van der Waals surface area contributed by atoms with Crippen LogP contribution in [0.15, 0.2) is 61.7 Å². The molecule has 0 atom stereocenters. The molecule has 22 heavy (non-hydrogen) atoms. The van der Waals surface area contributed by atoms with Crippen molar-refractivity contribution in [2.45, 2.75) is 12.8 Å². The smallest absolute Gasteiger partial charge is 0.872 e. The number of hydrogen-bond donors (Lipinski definition) is 0. The van der Waals surface area contributed by atoms with E-state index < -0.39 is 0 Å². The van der Waals surface area contributed by atoms with E-state index in [1.54, 1.807) is 13.2 Å². The van der Waals surface area contributed by atoms with Crippen molar-refractivity contribution in [3.63, 3.8) is 0 Å². The van der Waals surface area contributed by atoms with E-state index in [9.17, 15) is 5.11 Å². The molecule has 3 heteroatoms. The molecule has 2 aromatic carbocycles. The van der Waals surface area contributed by atoms with Gasteiger partial charge >= 0.3 is 51.4 Å². The summed E-state index contributed by atoms with van der Waals surface area (Å²) in [5, 5.41) is 12.1. The number of rotatable bonds is 6. The van der Waals surface area contributed by atoms with Gasteiger partial charge in [-0.15, -0.1) is 18.9 Å². The van der Waals surface area contributed by atoms with Crippen LogP contribution in [-0.4, -0.2) is 7.11 Å². The summed E-state index contributed by atoms with van der Waals surface area (Å²) in [6, 6.07) is 11.2. The first-order valence-corrected chi connectivity index (χ1v) is 6.88. The minimum atomic E-state index is 0. The van der Waals surface area contributed by atoms with Gasteiger partial charge in [0.1, 0.15) is 5.75 Å². The summed E-state index contributed by atoms with van der Waals surface area (Å²) in [6.07, 6.45) is 5.12. The molecule has 0 radical (unpaired) electrons. The number of hydrogen-bond acceptors (Lipinski definition) is 2. The normalized spacial score (nSPS) is 9.68. The van der Waals surface area contributed by atoms with Crippen LogP contribution in [0.25, 0.3) is 11.1 Å². The Morgan fingerprint density at radius 1 is 1.05 bits per heavy atom. The molecule has 0 heterocycles. The second kappa shape index (κ2) is 9.33. The Hall–Kier alpha value is -0.844. The summed E-state index contributed by atoms with van der Waals surface area (Å²) in [4.78, 5) is 0. The van der Waals surface area contributed by atoms with E-state index in [2.05, 4.69) is 13.2 Å². The monoisotopic (exact) mass is 318 g/mol. The van der Waals surface area contributed by atoms with E-state index in [0.29, 0.717) is 12.0 Å². The third-order valence-electron chi connectivity index (χ3n) is 3.38. The van der Waals surface area contributed by atoms with Gasteiger partial charge in [0.05, 0.1) is 7.11 Å². The van der Waals surface area contributed by atoms with Crippen molar-refractivity contribution in [2.24, 2.45) is 0 Å². The Balaban J connectivity index is 0.00000242. The standard InChI is InChI=1S/C19H20O2.K/c1-4-6-14-8-10-18(20)17(12-14)15-9-11-19(21-3)16(13-15)7-5-2;/h4-5,8-13,20H,1-2,6-7H2,3H3;/q;+1/p-1. The molecule has 0 saturated heterocycles. The molecule has 0 N–H and O–H groups in total. The van der Waals surface area contributed by atoms with Crippen LogP contribution >= 0.6 is 0 Å². The molecule has 108 valence electrons. The average molecular weight is 318 g/mol. The fourth-order valence-electron chi connectivity index (χ4n) is 2.36. The zero-order valence-electron chi connectivity index (χ0n) is 13.3. The summed E-state index contributed by atoms with van der Waals surface area (Å²) in [6.45, 7) is 7.50. The summed E-state index contributed by atoms with van der Waals surface area (Å²) in [5.41, 5.74) is 3.73. The van der Waals surface area contributed by atoms with E-state index in [1.165, 1.54) is 0 Å². The van der Waals surface area contributed by atoms with Crippen LogP contribution in [0.4, 0.5) is 0 Å². The van der Waals surface area contributed by atoms with Crippen LogP contribution < -0.4 is 61.2 Å². The van der Waals surface area contributed by atoms with E-state index in [-0.39, 0.29) is 57.1 Å². The Bertz CT molecular complexity index is 662. The second-order valence-electron chi connectivity index (χ2n) is 4.84. The molecule has 0 amide bonds. The molecule has 2 nitrogen and oxygen atoms in total. The fraction of sp³-hybridized carbons (Fsp3) is 0.158. The first-order valence-electron chi connectivity index (χ1n) is 6.88. The van der Waals surface area contributed by atoms with Gasteiger partial charge in [-0.1, -0.05) is 36.4 Å². The summed E-state index contributed by atoms with van der Waals surface area (Å²) in [5.74, 6) is 0.839. The molecule has 0 aromatic heterocycles. The van der Waals surface area contributed by atoms with Gasteiger partial charge in [-0.05, 0) is 47.2 Å². The van der Waals surface area contributed by atoms with Crippen molar-refractivity contribution in [1.29, 1.82) is 0 Å². The maximum absolute atomic E-state index is 12.1. The molecule has 0 saturated carbocycles. The minimum absolute atomic E-state index is 0. The average Bonchev–Trinajstić information content (AvgIpc) is 2.50. The van der Waals surface area contributed by atoms with Crippen LogP contribution in [-0.2, 0) is 12.8 Å². The third-order valence-corrected chi connectivity index (χ3v) is 3.38. The molecule has 0 unspecified atom stereocenters. The Labute approximate surface area is 174 Å². The molecular formula is C19H19KO2. The Morgan fingerprint density at radius 2 is 1.77 bits per heavy atom. The molecule has 0 aliphatic rings. The topological polar surface area (TPSA) is 32.3 Å². The number of ether oxygens (including phenoxy) is 1. The van der Waals surface area contributed by atoms with Crippen molar-refractivity contribution in [3.8, 4) is 22.6 Å². The van der Waals surface area contributed by atoms with Gasteiger partial charge in [0.2, 0.25) is 0 Å². The van der Waals surface area contributed by atoms with Crippen LogP contribution in [0.3, 0.4) is 0 Å². The maximum Gasteiger partial charge on any atom is 1.00 e. The van der Waals surface area contributed by atoms with Crippen LogP contribution in [0.2, 0.25) is 0 Å². The SMILES string of the molecule is C=CCc1ccc([O-])c(-c2ccc(OC)c(CC=C)c2)c1.[K+]. The van der Waals surface area contributed by atoms with Crippen molar-refractivity contribution >= 4 is 0 Å². The van der Waals surface area contributed by atoms with Crippen molar-refractivity contribution < 1.29 is 61.2 Å². The predicted octanol–water partition coefficient (Wildman–Crippen LogP) is 0.897. The van der Waals surface area contributed by atoms with Crippen LogP contribution in [0.5, 0.6) is 11.5 Å². The van der Waals surface area contributed by atoms with E-state index in [4.69, 9.17) is 4.74 Å². The van der Waals surface area contributed by atoms with Gasteiger partial charge in [0, 0.05) is 0 Å². The predicted molar refractivity (Wildman–Crippen MR) is 85.7 cm³/mol. The van der Waals surface area contributed by atoms with Gasteiger partial charge in [-0.25, -0.2) is 0 Å². The van der Waals surface area contributed by atoms with E-state index >= 15 is 0 Å². The first kappa shape index (κ1) is 19.2.